The summed E-state index contributed by atoms with van der Waals surface area (Å²) in [5, 5.41) is 25.5. The third-order valence-corrected chi connectivity index (χ3v) is 6.32. The van der Waals surface area contributed by atoms with Crippen molar-refractivity contribution in [1.29, 1.82) is 0 Å². The van der Waals surface area contributed by atoms with Crippen molar-refractivity contribution in [2.24, 2.45) is 0 Å². The predicted octanol–water partition coefficient (Wildman–Crippen LogP) is 2.47. The number of para-hydroxylation sites is 2. The first kappa shape index (κ1) is 31.0. The standard InChI is InChI=1S/C30H30N6O8/c37-26(38)15-32-29(42)36(17-25-33-22-8-4-5-9-23(22)34-25)16-19-10-12-21(13-11-19)27(39)31-14-24(28(40)41)35-30(43)44-18-20-6-2-1-3-7-20/h1-13,24H,14-18H2,(H,31,39)(H,32,42)(H,33,34)(H,35,43)(H,37,38)(H,40,41). The van der Waals surface area contributed by atoms with Crippen molar-refractivity contribution in [2.45, 2.75) is 25.7 Å². The summed E-state index contributed by atoms with van der Waals surface area (Å²) in [6.07, 6.45) is -0.945. The third kappa shape index (κ3) is 9.04. The van der Waals surface area contributed by atoms with Gasteiger partial charge in [0.2, 0.25) is 0 Å². The summed E-state index contributed by atoms with van der Waals surface area (Å²) >= 11 is 0. The highest BCUT2D eigenvalue weighted by Gasteiger charge is 2.22. The van der Waals surface area contributed by atoms with Gasteiger partial charge in [-0.2, -0.15) is 0 Å². The van der Waals surface area contributed by atoms with E-state index in [9.17, 15) is 29.1 Å². The van der Waals surface area contributed by atoms with E-state index in [0.29, 0.717) is 16.9 Å². The number of benzene rings is 3. The topological polar surface area (TPSA) is 203 Å². The average molecular weight is 603 g/mol. The molecule has 0 saturated carbocycles. The molecule has 0 aliphatic rings. The lowest BCUT2D eigenvalue weighted by Gasteiger charge is -2.22. The van der Waals surface area contributed by atoms with E-state index in [4.69, 9.17) is 9.84 Å². The Bertz CT molecular complexity index is 1590. The summed E-state index contributed by atoms with van der Waals surface area (Å²) < 4.78 is 5.05. The van der Waals surface area contributed by atoms with Crippen LogP contribution in [0.4, 0.5) is 9.59 Å². The SMILES string of the molecule is O=C(O)CNC(=O)N(Cc1ccc(C(=O)NCC(NC(=O)OCc2ccccc2)C(=O)O)cc1)Cc1nc2ccccc2[nH]1. The molecular formula is C30H30N6O8. The van der Waals surface area contributed by atoms with Crippen LogP contribution in [0.1, 0.15) is 27.3 Å². The Morgan fingerprint density at radius 2 is 1.55 bits per heavy atom. The van der Waals surface area contributed by atoms with Crippen LogP contribution in [0.5, 0.6) is 0 Å². The van der Waals surface area contributed by atoms with Crippen molar-refractivity contribution in [3.05, 3.63) is 101 Å². The van der Waals surface area contributed by atoms with Gasteiger partial charge in [-0.15, -0.1) is 0 Å². The normalized spacial score (nSPS) is 11.3. The van der Waals surface area contributed by atoms with Gasteiger partial charge in [0.25, 0.3) is 5.91 Å². The molecule has 1 aromatic heterocycles. The number of carboxylic acid groups (broad SMARTS) is 2. The van der Waals surface area contributed by atoms with E-state index in [1.807, 2.05) is 30.3 Å². The van der Waals surface area contributed by atoms with Gasteiger partial charge in [0, 0.05) is 18.7 Å². The Balaban J connectivity index is 1.34. The Morgan fingerprint density at radius 1 is 0.841 bits per heavy atom. The molecule has 0 bridgehead atoms. The highest BCUT2D eigenvalue weighted by atomic mass is 16.5. The van der Waals surface area contributed by atoms with Gasteiger partial charge in [0.05, 0.1) is 17.6 Å². The van der Waals surface area contributed by atoms with E-state index >= 15 is 0 Å². The fourth-order valence-electron chi connectivity index (χ4n) is 4.11. The third-order valence-electron chi connectivity index (χ3n) is 6.32. The molecule has 1 unspecified atom stereocenters. The van der Waals surface area contributed by atoms with Crippen LogP contribution in [0.2, 0.25) is 0 Å². The summed E-state index contributed by atoms with van der Waals surface area (Å²) in [6, 6.07) is 20.4. The van der Waals surface area contributed by atoms with Crippen LogP contribution in [0.25, 0.3) is 11.0 Å². The lowest BCUT2D eigenvalue weighted by Crippen LogP contribution is -2.48. The largest absolute Gasteiger partial charge is 0.480 e. The van der Waals surface area contributed by atoms with Crippen LogP contribution in [-0.4, -0.2) is 74.2 Å². The number of H-pyrrole nitrogens is 1. The van der Waals surface area contributed by atoms with Crippen LogP contribution in [0.3, 0.4) is 0 Å². The first-order chi connectivity index (χ1) is 21.2. The number of rotatable bonds is 13. The zero-order chi connectivity index (χ0) is 31.5. The molecule has 4 amide bonds. The van der Waals surface area contributed by atoms with Crippen molar-refractivity contribution >= 4 is 41.0 Å². The van der Waals surface area contributed by atoms with E-state index in [0.717, 1.165) is 11.1 Å². The highest BCUT2D eigenvalue weighted by molar-refractivity contribution is 5.94. The van der Waals surface area contributed by atoms with E-state index in [2.05, 4.69) is 25.9 Å². The van der Waals surface area contributed by atoms with Gasteiger partial charge in [-0.05, 0) is 35.4 Å². The second-order valence-electron chi connectivity index (χ2n) is 9.61. The minimum absolute atomic E-state index is 0.0470. The molecule has 1 atom stereocenters. The number of aromatic amines is 1. The van der Waals surface area contributed by atoms with Crippen molar-refractivity contribution in [3.8, 4) is 0 Å². The maximum absolute atomic E-state index is 12.8. The van der Waals surface area contributed by atoms with Crippen molar-refractivity contribution in [3.63, 3.8) is 0 Å². The molecule has 0 aliphatic heterocycles. The fraction of sp³-hybridized carbons (Fsp3) is 0.200. The first-order valence-electron chi connectivity index (χ1n) is 13.4. The molecule has 0 spiro atoms. The maximum Gasteiger partial charge on any atom is 0.408 e. The van der Waals surface area contributed by atoms with Crippen LogP contribution in [0.15, 0.2) is 78.9 Å². The van der Waals surface area contributed by atoms with Gasteiger partial charge < -0.3 is 40.8 Å². The van der Waals surface area contributed by atoms with E-state index < -0.39 is 49.1 Å². The summed E-state index contributed by atoms with van der Waals surface area (Å²) in [5.74, 6) is -2.64. The van der Waals surface area contributed by atoms with E-state index in [1.165, 1.54) is 17.0 Å². The summed E-state index contributed by atoms with van der Waals surface area (Å²) in [6.45, 7) is -0.883. The molecule has 1 heterocycles. The second-order valence-corrected chi connectivity index (χ2v) is 9.61. The number of aliphatic carboxylic acids is 2. The zero-order valence-electron chi connectivity index (χ0n) is 23.4. The number of hydrogen-bond donors (Lipinski definition) is 6. The number of fused-ring (bicyclic) bond motifs is 1. The average Bonchev–Trinajstić information content (AvgIpc) is 3.43. The number of nitrogens with zero attached hydrogens (tertiary/aromatic N) is 2. The van der Waals surface area contributed by atoms with Crippen LogP contribution < -0.4 is 16.0 Å². The van der Waals surface area contributed by atoms with Crippen LogP contribution >= 0.6 is 0 Å². The number of aromatic nitrogens is 2. The fourth-order valence-corrected chi connectivity index (χ4v) is 4.11. The molecule has 3 aromatic carbocycles. The molecule has 0 radical (unpaired) electrons. The molecule has 14 heteroatoms. The number of nitrogens with one attached hydrogen (secondary N) is 4. The van der Waals surface area contributed by atoms with Gasteiger partial charge in [0.15, 0.2) is 0 Å². The summed E-state index contributed by atoms with van der Waals surface area (Å²) in [5.41, 5.74) is 3.07. The molecular weight excluding hydrogens is 572 g/mol. The van der Waals surface area contributed by atoms with Gasteiger partial charge in [-0.1, -0.05) is 54.6 Å². The Labute approximate surface area is 251 Å². The molecule has 44 heavy (non-hydrogen) atoms. The number of amides is 4. The predicted molar refractivity (Wildman–Crippen MR) is 156 cm³/mol. The molecule has 6 N–H and O–H groups in total. The Morgan fingerprint density at radius 3 is 2.23 bits per heavy atom. The molecule has 0 aliphatic carbocycles. The van der Waals surface area contributed by atoms with Crippen molar-refractivity contribution in [1.82, 2.24) is 30.8 Å². The number of carbonyl (C=O) groups is 5. The monoisotopic (exact) mass is 602 g/mol. The van der Waals surface area contributed by atoms with Gasteiger partial charge in [-0.25, -0.2) is 19.4 Å². The molecule has 14 nitrogen and oxygen atoms in total. The smallest absolute Gasteiger partial charge is 0.408 e. The minimum Gasteiger partial charge on any atom is -0.480 e. The van der Waals surface area contributed by atoms with Gasteiger partial charge >= 0.3 is 24.1 Å². The van der Waals surface area contributed by atoms with E-state index in [1.54, 1.807) is 36.4 Å². The number of carbonyl (C=O) groups excluding carboxylic acids is 3. The minimum atomic E-state index is -1.43. The van der Waals surface area contributed by atoms with Crippen molar-refractivity contribution < 1.29 is 38.9 Å². The number of ether oxygens (including phenoxy) is 1. The van der Waals surface area contributed by atoms with Crippen LogP contribution in [0, 0.1) is 0 Å². The highest BCUT2D eigenvalue weighted by Crippen LogP contribution is 2.15. The lowest BCUT2D eigenvalue weighted by atomic mass is 10.1. The molecule has 228 valence electrons. The quantitative estimate of drug-likeness (QED) is 0.133. The number of imidazole rings is 1. The number of carboxylic acids is 2. The Kier molecular flexibility index (Phi) is 10.4. The van der Waals surface area contributed by atoms with Gasteiger partial charge in [-0.3, -0.25) is 9.59 Å². The summed E-state index contributed by atoms with van der Waals surface area (Å²) in [7, 11) is 0. The Hall–Kier alpha value is -5.92. The lowest BCUT2D eigenvalue weighted by molar-refractivity contribution is -0.139. The van der Waals surface area contributed by atoms with Gasteiger partial charge in [0.1, 0.15) is 25.0 Å². The summed E-state index contributed by atoms with van der Waals surface area (Å²) in [4.78, 5) is 69.2. The van der Waals surface area contributed by atoms with Crippen molar-refractivity contribution in [2.75, 3.05) is 13.1 Å². The molecule has 4 aromatic rings. The molecule has 4 rings (SSSR count). The second kappa shape index (κ2) is 14.8. The molecule has 0 saturated heterocycles. The number of hydrogen-bond acceptors (Lipinski definition) is 7. The number of urea groups is 1. The number of alkyl carbamates (subject to hydrolysis) is 1. The zero-order valence-corrected chi connectivity index (χ0v) is 23.4. The maximum atomic E-state index is 12.8. The van der Waals surface area contributed by atoms with E-state index in [-0.39, 0.29) is 25.3 Å². The van der Waals surface area contributed by atoms with Crippen LogP contribution in [-0.2, 0) is 34.0 Å². The molecule has 0 fully saturated rings. The first-order valence-corrected chi connectivity index (χ1v) is 13.4.